The summed E-state index contributed by atoms with van der Waals surface area (Å²) in [6.45, 7) is 1.93. The Morgan fingerprint density at radius 2 is 2.05 bits per heavy atom. The first kappa shape index (κ1) is 13.9. The molecule has 0 amide bonds. The third-order valence-electron chi connectivity index (χ3n) is 2.44. The second kappa shape index (κ2) is 5.63. The van der Waals surface area contributed by atoms with Crippen molar-refractivity contribution in [1.29, 1.82) is 0 Å². The molecule has 0 saturated heterocycles. The lowest BCUT2D eigenvalue weighted by Crippen LogP contribution is -2.02. The number of ether oxygens (including phenoxy) is 1. The van der Waals surface area contributed by atoms with Crippen LogP contribution in [0.2, 0.25) is 5.02 Å². The van der Waals surface area contributed by atoms with Crippen LogP contribution in [0.25, 0.3) is 0 Å². The van der Waals surface area contributed by atoms with E-state index < -0.39 is 0 Å². The highest BCUT2D eigenvalue weighted by molar-refractivity contribution is 9.10. The minimum Gasteiger partial charge on any atom is -0.481 e. The van der Waals surface area contributed by atoms with E-state index in [9.17, 15) is 0 Å². The van der Waals surface area contributed by atoms with Gasteiger partial charge in [-0.3, -0.25) is 0 Å². The molecule has 0 saturated carbocycles. The lowest BCUT2D eigenvalue weighted by Gasteiger charge is -2.11. The topological polar surface area (TPSA) is 73.1 Å². The van der Waals surface area contributed by atoms with Crippen molar-refractivity contribution in [2.75, 3.05) is 18.2 Å². The molecule has 1 aromatic heterocycles. The molecular formula is C12H12BrClN4O. The maximum atomic E-state index is 6.10. The second-order valence-corrected chi connectivity index (χ2v) is 5.12. The number of nitrogens with zero attached hydrogens (tertiary/aromatic N) is 2. The Morgan fingerprint density at radius 1 is 1.32 bits per heavy atom. The number of aryl methyl sites for hydroxylation is 1. The molecule has 0 aliphatic carbocycles. The van der Waals surface area contributed by atoms with E-state index in [4.69, 9.17) is 22.1 Å². The maximum Gasteiger partial charge on any atom is 0.225 e. The number of halogens is 2. The number of methoxy groups -OCH3 is 1. The molecule has 0 fully saturated rings. The number of aromatic nitrogens is 2. The average molecular weight is 344 g/mol. The van der Waals surface area contributed by atoms with Gasteiger partial charge in [0.15, 0.2) is 0 Å². The van der Waals surface area contributed by atoms with Crippen LogP contribution < -0.4 is 15.8 Å². The molecule has 3 N–H and O–H groups in total. The summed E-state index contributed by atoms with van der Waals surface area (Å²) in [6.07, 6.45) is 0. The Kier molecular flexibility index (Phi) is 4.11. The fourth-order valence-corrected chi connectivity index (χ4v) is 2.21. The standard InChI is InChI=1S/C12H12BrClN4O/c1-6-3-7(13)9(4-8(6)14)16-10-5-11(19-2)18-12(15)17-10/h3-5H,1-2H3,(H3,15,16,17,18). The second-order valence-electron chi connectivity index (χ2n) is 3.86. The van der Waals surface area contributed by atoms with Crippen LogP contribution in [0, 0.1) is 6.92 Å². The van der Waals surface area contributed by atoms with Crippen LogP contribution in [0.5, 0.6) is 5.88 Å². The van der Waals surface area contributed by atoms with Crippen LogP contribution in [-0.2, 0) is 0 Å². The van der Waals surface area contributed by atoms with Crippen molar-refractivity contribution in [1.82, 2.24) is 9.97 Å². The molecule has 0 spiro atoms. The summed E-state index contributed by atoms with van der Waals surface area (Å²) in [5.74, 6) is 1.06. The van der Waals surface area contributed by atoms with Gasteiger partial charge in [-0.15, -0.1) is 0 Å². The average Bonchev–Trinajstić information content (AvgIpc) is 2.35. The van der Waals surface area contributed by atoms with Gasteiger partial charge >= 0.3 is 0 Å². The van der Waals surface area contributed by atoms with Gasteiger partial charge in [0.25, 0.3) is 0 Å². The molecule has 0 bridgehead atoms. The number of hydrogen-bond donors (Lipinski definition) is 2. The van der Waals surface area contributed by atoms with E-state index in [1.165, 1.54) is 7.11 Å². The number of nitrogens with one attached hydrogen (secondary N) is 1. The highest BCUT2D eigenvalue weighted by Crippen LogP contribution is 2.31. The van der Waals surface area contributed by atoms with Crippen molar-refractivity contribution in [2.24, 2.45) is 0 Å². The lowest BCUT2D eigenvalue weighted by atomic mass is 10.2. The molecule has 2 rings (SSSR count). The zero-order valence-corrected chi connectivity index (χ0v) is 12.7. The molecule has 0 aliphatic rings. The first-order chi connectivity index (χ1) is 8.99. The number of nitrogen functional groups attached to an aromatic ring is 1. The van der Waals surface area contributed by atoms with Crippen molar-refractivity contribution < 1.29 is 4.74 Å². The van der Waals surface area contributed by atoms with Crippen molar-refractivity contribution >= 4 is 45.0 Å². The summed E-state index contributed by atoms with van der Waals surface area (Å²) >= 11 is 9.56. The molecule has 0 atom stereocenters. The predicted octanol–water partition coefficient (Wildman–Crippen LogP) is 3.54. The molecule has 5 nitrogen and oxygen atoms in total. The van der Waals surface area contributed by atoms with Crippen LogP contribution in [0.15, 0.2) is 22.7 Å². The number of benzene rings is 1. The first-order valence-electron chi connectivity index (χ1n) is 5.41. The zero-order valence-electron chi connectivity index (χ0n) is 10.4. The summed E-state index contributed by atoms with van der Waals surface area (Å²) in [7, 11) is 1.52. The van der Waals surface area contributed by atoms with Crippen LogP contribution in [0.1, 0.15) is 5.56 Å². The molecule has 2 aromatic rings. The van der Waals surface area contributed by atoms with Crippen LogP contribution in [0.3, 0.4) is 0 Å². The number of hydrogen-bond acceptors (Lipinski definition) is 5. The Bertz CT molecular complexity index is 621. The molecule has 100 valence electrons. The summed E-state index contributed by atoms with van der Waals surface area (Å²) in [5, 5.41) is 3.78. The van der Waals surface area contributed by atoms with Gasteiger partial charge in [0, 0.05) is 15.6 Å². The minimum atomic E-state index is 0.135. The highest BCUT2D eigenvalue weighted by atomic mass is 79.9. The van der Waals surface area contributed by atoms with Crippen LogP contribution in [-0.4, -0.2) is 17.1 Å². The van der Waals surface area contributed by atoms with E-state index in [1.807, 2.05) is 19.1 Å². The van der Waals surface area contributed by atoms with Gasteiger partial charge in [-0.2, -0.15) is 9.97 Å². The SMILES string of the molecule is COc1cc(Nc2cc(Cl)c(C)cc2Br)nc(N)n1. The molecule has 1 heterocycles. The molecular weight excluding hydrogens is 332 g/mol. The van der Waals surface area contributed by atoms with Crippen molar-refractivity contribution in [3.8, 4) is 5.88 Å². The summed E-state index contributed by atoms with van der Waals surface area (Å²) in [6, 6.07) is 5.38. The largest absolute Gasteiger partial charge is 0.481 e. The Morgan fingerprint density at radius 3 is 2.74 bits per heavy atom. The molecule has 7 heteroatoms. The quantitative estimate of drug-likeness (QED) is 0.892. The Hall–Kier alpha value is -1.53. The van der Waals surface area contributed by atoms with Gasteiger partial charge in [-0.05, 0) is 40.5 Å². The van der Waals surface area contributed by atoms with Gasteiger partial charge in [-0.1, -0.05) is 11.6 Å². The molecule has 1 aromatic carbocycles. The van der Waals surface area contributed by atoms with E-state index in [0.29, 0.717) is 16.7 Å². The smallest absolute Gasteiger partial charge is 0.225 e. The number of anilines is 3. The van der Waals surface area contributed by atoms with Crippen molar-refractivity contribution in [3.63, 3.8) is 0 Å². The fourth-order valence-electron chi connectivity index (χ4n) is 1.49. The van der Waals surface area contributed by atoms with Crippen molar-refractivity contribution in [3.05, 3.63) is 33.3 Å². The fraction of sp³-hybridized carbons (Fsp3) is 0.167. The molecule has 0 unspecified atom stereocenters. The highest BCUT2D eigenvalue weighted by Gasteiger charge is 2.07. The molecule has 0 radical (unpaired) electrons. The third-order valence-corrected chi connectivity index (χ3v) is 3.50. The number of nitrogens with two attached hydrogens (primary N) is 1. The van der Waals surface area contributed by atoms with Crippen LogP contribution in [0.4, 0.5) is 17.5 Å². The summed E-state index contributed by atoms with van der Waals surface area (Å²) in [5.41, 5.74) is 7.37. The van der Waals surface area contributed by atoms with Gasteiger partial charge in [0.05, 0.1) is 12.8 Å². The van der Waals surface area contributed by atoms with Crippen LogP contribution >= 0.6 is 27.5 Å². The zero-order chi connectivity index (χ0) is 14.0. The van der Waals surface area contributed by atoms with Gasteiger partial charge < -0.3 is 15.8 Å². The first-order valence-corrected chi connectivity index (χ1v) is 6.58. The maximum absolute atomic E-state index is 6.10. The van der Waals surface area contributed by atoms with E-state index in [1.54, 1.807) is 6.07 Å². The van der Waals surface area contributed by atoms with E-state index >= 15 is 0 Å². The minimum absolute atomic E-state index is 0.135. The van der Waals surface area contributed by atoms with E-state index in [0.717, 1.165) is 15.7 Å². The lowest BCUT2D eigenvalue weighted by molar-refractivity contribution is 0.398. The predicted molar refractivity (Wildman–Crippen MR) is 80.2 cm³/mol. The van der Waals surface area contributed by atoms with E-state index in [2.05, 4.69) is 31.2 Å². The molecule has 19 heavy (non-hydrogen) atoms. The van der Waals surface area contributed by atoms with Gasteiger partial charge in [0.1, 0.15) is 5.82 Å². The molecule has 0 aliphatic heterocycles. The monoisotopic (exact) mass is 342 g/mol. The van der Waals surface area contributed by atoms with Gasteiger partial charge in [-0.25, -0.2) is 0 Å². The normalized spacial score (nSPS) is 10.3. The number of rotatable bonds is 3. The van der Waals surface area contributed by atoms with Crippen molar-refractivity contribution in [2.45, 2.75) is 6.92 Å². The Balaban J connectivity index is 2.36. The van der Waals surface area contributed by atoms with E-state index in [-0.39, 0.29) is 5.95 Å². The summed E-state index contributed by atoms with van der Waals surface area (Å²) < 4.78 is 5.92. The van der Waals surface area contributed by atoms with Gasteiger partial charge in [0.2, 0.25) is 11.8 Å². The third kappa shape index (κ3) is 3.27. The Labute approximate surface area is 124 Å². The summed E-state index contributed by atoms with van der Waals surface area (Å²) in [4.78, 5) is 8.00.